The minimum absolute atomic E-state index is 0.0746. The van der Waals surface area contributed by atoms with Gasteiger partial charge in [0.15, 0.2) is 0 Å². The van der Waals surface area contributed by atoms with Crippen LogP contribution in [0.1, 0.15) is 29.0 Å². The Morgan fingerprint density at radius 2 is 2.00 bits per heavy atom. The highest BCUT2D eigenvalue weighted by molar-refractivity contribution is 7.10. The van der Waals surface area contributed by atoms with Crippen molar-refractivity contribution in [3.05, 3.63) is 57.8 Å². The highest BCUT2D eigenvalue weighted by Crippen LogP contribution is 2.19. The molecule has 0 saturated heterocycles. The van der Waals surface area contributed by atoms with Gasteiger partial charge in [-0.1, -0.05) is 30.3 Å². The van der Waals surface area contributed by atoms with E-state index in [2.05, 4.69) is 23.7 Å². The first-order valence-corrected chi connectivity index (χ1v) is 7.10. The zero-order valence-corrected chi connectivity index (χ0v) is 11.6. The lowest BCUT2D eigenvalue weighted by molar-refractivity contribution is -0.136. The normalized spacial score (nSPS) is 12.3. The van der Waals surface area contributed by atoms with E-state index in [0.717, 1.165) is 11.1 Å². The van der Waals surface area contributed by atoms with Crippen LogP contribution in [0.25, 0.3) is 0 Å². The number of rotatable bonds is 6. The molecule has 100 valence electrons. The number of thiophene rings is 1. The molecule has 2 N–H and O–H groups in total. The zero-order valence-electron chi connectivity index (χ0n) is 10.8. The molecule has 3 nitrogen and oxygen atoms in total. The van der Waals surface area contributed by atoms with Crippen LogP contribution in [0.2, 0.25) is 0 Å². The molecule has 0 radical (unpaired) electrons. The molecule has 4 heteroatoms. The Labute approximate surface area is 116 Å². The third kappa shape index (κ3) is 3.91. The van der Waals surface area contributed by atoms with E-state index in [0.29, 0.717) is 6.54 Å². The Hall–Kier alpha value is -1.65. The van der Waals surface area contributed by atoms with Crippen LogP contribution in [0, 0.1) is 0 Å². The third-order valence-corrected chi connectivity index (χ3v) is 4.08. The molecule has 0 spiro atoms. The maximum atomic E-state index is 10.8. The van der Waals surface area contributed by atoms with Crippen LogP contribution in [0.4, 0.5) is 0 Å². The molecule has 0 unspecified atom stereocenters. The fourth-order valence-electron chi connectivity index (χ4n) is 1.97. The molecular weight excluding hydrogens is 258 g/mol. The average molecular weight is 275 g/mol. The van der Waals surface area contributed by atoms with Gasteiger partial charge in [0.1, 0.15) is 0 Å². The van der Waals surface area contributed by atoms with Gasteiger partial charge in [-0.3, -0.25) is 4.79 Å². The van der Waals surface area contributed by atoms with E-state index in [1.165, 1.54) is 4.88 Å². The van der Waals surface area contributed by atoms with E-state index < -0.39 is 5.97 Å². The van der Waals surface area contributed by atoms with E-state index in [1.807, 2.05) is 30.3 Å². The molecule has 2 rings (SSSR count). The summed E-state index contributed by atoms with van der Waals surface area (Å²) in [5.74, 6) is -0.793. The summed E-state index contributed by atoms with van der Waals surface area (Å²) in [7, 11) is 0. The van der Waals surface area contributed by atoms with Crippen molar-refractivity contribution in [2.45, 2.75) is 25.9 Å². The first kappa shape index (κ1) is 13.8. The van der Waals surface area contributed by atoms with Gasteiger partial charge in [-0.25, -0.2) is 0 Å². The summed E-state index contributed by atoms with van der Waals surface area (Å²) in [6.45, 7) is 2.80. The number of carboxylic acids is 1. The standard InChI is InChI=1S/C15H17NO2S/c1-11(14-7-4-8-19-14)16-10-13-6-3-2-5-12(13)9-15(17)18/h2-8,11,16H,9-10H2,1H3,(H,17,18)/t11-/m1/s1. The number of hydrogen-bond acceptors (Lipinski definition) is 3. The van der Waals surface area contributed by atoms with Crippen molar-refractivity contribution in [1.82, 2.24) is 5.32 Å². The average Bonchev–Trinajstić information content (AvgIpc) is 2.90. The number of nitrogens with one attached hydrogen (secondary N) is 1. The van der Waals surface area contributed by atoms with Crippen molar-refractivity contribution in [3.8, 4) is 0 Å². The lowest BCUT2D eigenvalue weighted by Gasteiger charge is -2.14. The summed E-state index contributed by atoms with van der Waals surface area (Å²) < 4.78 is 0. The smallest absolute Gasteiger partial charge is 0.307 e. The van der Waals surface area contributed by atoms with Crippen LogP contribution in [-0.4, -0.2) is 11.1 Å². The van der Waals surface area contributed by atoms with Crippen molar-refractivity contribution in [2.75, 3.05) is 0 Å². The number of carboxylic acid groups (broad SMARTS) is 1. The molecule has 0 aliphatic carbocycles. The molecule has 0 bridgehead atoms. The molecule has 0 aliphatic rings. The summed E-state index contributed by atoms with van der Waals surface area (Å²) in [5, 5.41) is 14.4. The van der Waals surface area contributed by atoms with Crippen LogP contribution in [0.15, 0.2) is 41.8 Å². The van der Waals surface area contributed by atoms with Crippen LogP contribution in [0.5, 0.6) is 0 Å². The van der Waals surface area contributed by atoms with Gasteiger partial charge in [0.2, 0.25) is 0 Å². The summed E-state index contributed by atoms with van der Waals surface area (Å²) in [6, 6.07) is 12.1. The molecule has 0 aliphatic heterocycles. The summed E-state index contributed by atoms with van der Waals surface area (Å²) in [6.07, 6.45) is 0.0746. The van der Waals surface area contributed by atoms with Crippen molar-refractivity contribution >= 4 is 17.3 Å². The number of carbonyl (C=O) groups is 1. The van der Waals surface area contributed by atoms with Crippen LogP contribution in [0.3, 0.4) is 0 Å². The Bertz CT molecular complexity index is 537. The first-order chi connectivity index (χ1) is 9.16. The van der Waals surface area contributed by atoms with Gasteiger partial charge in [-0.15, -0.1) is 11.3 Å². The molecule has 1 aromatic carbocycles. The van der Waals surface area contributed by atoms with Gasteiger partial charge in [-0.2, -0.15) is 0 Å². The van der Waals surface area contributed by atoms with Gasteiger partial charge < -0.3 is 10.4 Å². The van der Waals surface area contributed by atoms with Gasteiger partial charge in [0.05, 0.1) is 6.42 Å². The molecule has 2 aromatic rings. The molecule has 0 fully saturated rings. The molecule has 1 heterocycles. The quantitative estimate of drug-likeness (QED) is 0.851. The minimum atomic E-state index is -0.793. The van der Waals surface area contributed by atoms with Gasteiger partial charge in [0.25, 0.3) is 0 Å². The first-order valence-electron chi connectivity index (χ1n) is 6.22. The van der Waals surface area contributed by atoms with E-state index in [-0.39, 0.29) is 12.5 Å². The Morgan fingerprint density at radius 3 is 2.63 bits per heavy atom. The van der Waals surface area contributed by atoms with Crippen molar-refractivity contribution in [2.24, 2.45) is 0 Å². The van der Waals surface area contributed by atoms with E-state index in [9.17, 15) is 4.79 Å². The van der Waals surface area contributed by atoms with E-state index in [4.69, 9.17) is 5.11 Å². The monoisotopic (exact) mass is 275 g/mol. The number of aliphatic carboxylic acids is 1. The van der Waals surface area contributed by atoms with Crippen LogP contribution in [-0.2, 0) is 17.8 Å². The predicted octanol–water partition coefficient (Wildman–Crippen LogP) is 3.23. The largest absolute Gasteiger partial charge is 0.481 e. The molecular formula is C15H17NO2S. The van der Waals surface area contributed by atoms with E-state index in [1.54, 1.807) is 11.3 Å². The van der Waals surface area contributed by atoms with Crippen molar-refractivity contribution in [1.29, 1.82) is 0 Å². The predicted molar refractivity (Wildman–Crippen MR) is 77.4 cm³/mol. The molecule has 19 heavy (non-hydrogen) atoms. The third-order valence-electron chi connectivity index (χ3n) is 3.03. The van der Waals surface area contributed by atoms with Crippen LogP contribution >= 0.6 is 11.3 Å². The Morgan fingerprint density at radius 1 is 1.26 bits per heavy atom. The van der Waals surface area contributed by atoms with Gasteiger partial charge in [-0.05, 0) is 29.5 Å². The maximum absolute atomic E-state index is 10.8. The Kier molecular flexibility index (Phi) is 4.71. The van der Waals surface area contributed by atoms with Gasteiger partial charge in [0, 0.05) is 17.5 Å². The summed E-state index contributed by atoms with van der Waals surface area (Å²) >= 11 is 1.72. The SMILES string of the molecule is C[C@@H](NCc1ccccc1CC(=O)O)c1cccs1. The number of benzene rings is 1. The Balaban J connectivity index is 2.01. The summed E-state index contributed by atoms with van der Waals surface area (Å²) in [4.78, 5) is 12.1. The van der Waals surface area contributed by atoms with Crippen LogP contribution < -0.4 is 5.32 Å². The second kappa shape index (κ2) is 6.50. The maximum Gasteiger partial charge on any atom is 0.307 e. The molecule has 1 aromatic heterocycles. The fraction of sp³-hybridized carbons (Fsp3) is 0.267. The topological polar surface area (TPSA) is 49.3 Å². The summed E-state index contributed by atoms with van der Waals surface area (Å²) in [5.41, 5.74) is 1.93. The van der Waals surface area contributed by atoms with Crippen molar-refractivity contribution in [3.63, 3.8) is 0 Å². The fourth-order valence-corrected chi connectivity index (χ4v) is 2.73. The highest BCUT2D eigenvalue weighted by atomic mass is 32.1. The minimum Gasteiger partial charge on any atom is -0.481 e. The number of hydrogen-bond donors (Lipinski definition) is 2. The molecule has 1 atom stereocenters. The van der Waals surface area contributed by atoms with Gasteiger partial charge >= 0.3 is 5.97 Å². The zero-order chi connectivity index (χ0) is 13.7. The molecule has 0 amide bonds. The van der Waals surface area contributed by atoms with Crippen molar-refractivity contribution < 1.29 is 9.90 Å². The lowest BCUT2D eigenvalue weighted by Crippen LogP contribution is -2.18. The second-order valence-electron chi connectivity index (χ2n) is 4.46. The highest BCUT2D eigenvalue weighted by Gasteiger charge is 2.09. The van der Waals surface area contributed by atoms with E-state index >= 15 is 0 Å². The lowest BCUT2D eigenvalue weighted by atomic mass is 10.0. The second-order valence-corrected chi connectivity index (χ2v) is 5.44. The molecule has 0 saturated carbocycles.